The lowest BCUT2D eigenvalue weighted by Gasteiger charge is -2.10. The van der Waals surface area contributed by atoms with Crippen molar-refractivity contribution in [1.82, 2.24) is 10.6 Å². The Hall–Kier alpha value is -2.89. The fourth-order valence-corrected chi connectivity index (χ4v) is 2.25. The van der Waals surface area contributed by atoms with Gasteiger partial charge in [0.1, 0.15) is 5.82 Å². The Kier molecular flexibility index (Phi) is 7.14. The van der Waals surface area contributed by atoms with Gasteiger partial charge in [-0.3, -0.25) is 4.79 Å². The summed E-state index contributed by atoms with van der Waals surface area (Å²) < 4.78 is 13.5. The third-order valence-corrected chi connectivity index (χ3v) is 3.84. The molecule has 0 heterocycles. The first-order valence-corrected chi connectivity index (χ1v) is 8.60. The van der Waals surface area contributed by atoms with Crippen LogP contribution in [-0.4, -0.2) is 18.5 Å². The highest BCUT2D eigenvalue weighted by Crippen LogP contribution is 2.11. The topological polar surface area (TPSA) is 70.2 Å². The molecule has 2 aromatic carbocycles. The summed E-state index contributed by atoms with van der Waals surface area (Å²) in [6.45, 7) is 4.38. The van der Waals surface area contributed by atoms with E-state index in [-0.39, 0.29) is 23.7 Å². The van der Waals surface area contributed by atoms with Gasteiger partial charge in [0.2, 0.25) is 5.91 Å². The van der Waals surface area contributed by atoms with Crippen molar-refractivity contribution in [3.63, 3.8) is 0 Å². The minimum absolute atomic E-state index is 0.0369. The molecule has 0 unspecified atom stereocenters. The Morgan fingerprint density at radius 1 is 1.00 bits per heavy atom. The zero-order valence-electron chi connectivity index (χ0n) is 15.0. The summed E-state index contributed by atoms with van der Waals surface area (Å²) in [4.78, 5) is 23.4. The molecule has 0 atom stereocenters. The van der Waals surface area contributed by atoms with Crippen molar-refractivity contribution < 1.29 is 14.0 Å². The van der Waals surface area contributed by atoms with Gasteiger partial charge in [0.15, 0.2) is 0 Å². The maximum Gasteiger partial charge on any atom is 0.315 e. The number of rotatable bonds is 7. The highest BCUT2D eigenvalue weighted by atomic mass is 19.1. The number of halogens is 1. The van der Waals surface area contributed by atoms with Crippen molar-refractivity contribution in [3.05, 3.63) is 65.5 Å². The molecule has 3 amide bonds. The molecule has 0 radical (unpaired) electrons. The third-order valence-electron chi connectivity index (χ3n) is 3.84. The van der Waals surface area contributed by atoms with Crippen LogP contribution in [0.5, 0.6) is 0 Å². The van der Waals surface area contributed by atoms with E-state index in [4.69, 9.17) is 0 Å². The van der Waals surface area contributed by atoms with E-state index in [2.05, 4.69) is 16.0 Å². The van der Waals surface area contributed by atoms with Gasteiger partial charge in [-0.2, -0.15) is 0 Å². The average molecular weight is 357 g/mol. The molecule has 0 aromatic heterocycles. The maximum atomic E-state index is 13.5. The molecule has 3 N–H and O–H groups in total. The standard InChI is InChI=1S/C20H24FN3O2/c1-14(2)19(25)24-17-9-7-15(8-10-17)13-23-20(26)22-12-11-16-5-3-4-6-18(16)21/h3-10,14H,11-13H2,1-2H3,(H,24,25)(H2,22,23,26). The van der Waals surface area contributed by atoms with Gasteiger partial charge in [0, 0.05) is 24.7 Å². The number of carbonyl (C=O) groups is 2. The van der Waals surface area contributed by atoms with Crippen molar-refractivity contribution in [2.45, 2.75) is 26.8 Å². The maximum absolute atomic E-state index is 13.5. The Morgan fingerprint density at radius 3 is 2.35 bits per heavy atom. The second-order valence-corrected chi connectivity index (χ2v) is 6.29. The molecule has 0 aliphatic carbocycles. The Bertz CT molecular complexity index is 745. The van der Waals surface area contributed by atoms with Crippen LogP contribution in [0.25, 0.3) is 0 Å². The smallest absolute Gasteiger partial charge is 0.315 e. The van der Waals surface area contributed by atoms with Gasteiger partial charge in [0.05, 0.1) is 0 Å². The van der Waals surface area contributed by atoms with Crippen LogP contribution in [0.2, 0.25) is 0 Å². The summed E-state index contributed by atoms with van der Waals surface area (Å²) in [5.74, 6) is -0.381. The molecule has 0 aliphatic heterocycles. The van der Waals surface area contributed by atoms with E-state index in [9.17, 15) is 14.0 Å². The van der Waals surface area contributed by atoms with E-state index < -0.39 is 0 Å². The monoisotopic (exact) mass is 357 g/mol. The summed E-state index contributed by atoms with van der Waals surface area (Å²) >= 11 is 0. The third kappa shape index (κ3) is 6.20. The van der Waals surface area contributed by atoms with E-state index in [0.717, 1.165) is 11.3 Å². The average Bonchev–Trinajstić information content (AvgIpc) is 2.62. The van der Waals surface area contributed by atoms with E-state index in [1.165, 1.54) is 6.07 Å². The van der Waals surface area contributed by atoms with Crippen LogP contribution in [0, 0.1) is 11.7 Å². The number of anilines is 1. The largest absolute Gasteiger partial charge is 0.338 e. The highest BCUT2D eigenvalue weighted by molar-refractivity contribution is 5.92. The lowest BCUT2D eigenvalue weighted by atomic mass is 10.1. The SMILES string of the molecule is CC(C)C(=O)Nc1ccc(CNC(=O)NCCc2ccccc2F)cc1. The summed E-state index contributed by atoms with van der Waals surface area (Å²) in [5.41, 5.74) is 2.21. The number of nitrogens with one attached hydrogen (secondary N) is 3. The van der Waals surface area contributed by atoms with Crippen molar-refractivity contribution in [3.8, 4) is 0 Å². The molecule has 138 valence electrons. The second-order valence-electron chi connectivity index (χ2n) is 6.29. The van der Waals surface area contributed by atoms with Crippen LogP contribution in [0.3, 0.4) is 0 Å². The van der Waals surface area contributed by atoms with Crippen LogP contribution in [0.1, 0.15) is 25.0 Å². The second kappa shape index (κ2) is 9.56. The summed E-state index contributed by atoms with van der Waals surface area (Å²) in [5, 5.41) is 8.26. The van der Waals surface area contributed by atoms with Crippen molar-refractivity contribution >= 4 is 17.6 Å². The summed E-state index contributed by atoms with van der Waals surface area (Å²) in [7, 11) is 0. The molecule has 0 spiro atoms. The highest BCUT2D eigenvalue weighted by Gasteiger charge is 2.07. The zero-order valence-corrected chi connectivity index (χ0v) is 15.0. The fraction of sp³-hybridized carbons (Fsp3) is 0.300. The lowest BCUT2D eigenvalue weighted by molar-refractivity contribution is -0.118. The molecule has 2 rings (SSSR count). The minimum Gasteiger partial charge on any atom is -0.338 e. The molecular formula is C20H24FN3O2. The van der Waals surface area contributed by atoms with Gasteiger partial charge >= 0.3 is 6.03 Å². The Balaban J connectivity index is 1.72. The van der Waals surface area contributed by atoms with Crippen LogP contribution in [0.4, 0.5) is 14.9 Å². The van der Waals surface area contributed by atoms with Gasteiger partial charge < -0.3 is 16.0 Å². The van der Waals surface area contributed by atoms with Crippen molar-refractivity contribution in [1.29, 1.82) is 0 Å². The molecule has 0 fully saturated rings. The van der Waals surface area contributed by atoms with Gasteiger partial charge in [-0.1, -0.05) is 44.2 Å². The van der Waals surface area contributed by atoms with Crippen LogP contribution in [-0.2, 0) is 17.8 Å². The molecule has 0 bridgehead atoms. The van der Waals surface area contributed by atoms with E-state index >= 15 is 0 Å². The van der Waals surface area contributed by atoms with Crippen LogP contribution < -0.4 is 16.0 Å². The fourth-order valence-electron chi connectivity index (χ4n) is 2.25. The molecule has 0 aliphatic rings. The predicted molar refractivity (Wildman–Crippen MR) is 100 cm³/mol. The predicted octanol–water partition coefficient (Wildman–Crippen LogP) is 3.46. The van der Waals surface area contributed by atoms with Gasteiger partial charge in [-0.15, -0.1) is 0 Å². The molecule has 2 aromatic rings. The number of amides is 3. The number of urea groups is 1. The van der Waals surface area contributed by atoms with E-state index in [1.807, 2.05) is 26.0 Å². The first-order chi connectivity index (χ1) is 12.5. The normalized spacial score (nSPS) is 10.5. The van der Waals surface area contributed by atoms with E-state index in [1.54, 1.807) is 30.3 Å². The van der Waals surface area contributed by atoms with Crippen molar-refractivity contribution in [2.24, 2.45) is 5.92 Å². The van der Waals surface area contributed by atoms with Crippen LogP contribution >= 0.6 is 0 Å². The van der Waals surface area contributed by atoms with Crippen molar-refractivity contribution in [2.75, 3.05) is 11.9 Å². The number of hydrogen-bond donors (Lipinski definition) is 3. The first kappa shape index (κ1) is 19.4. The molecule has 0 saturated heterocycles. The number of carbonyl (C=O) groups excluding carboxylic acids is 2. The van der Waals surface area contributed by atoms with E-state index in [0.29, 0.717) is 25.1 Å². The Morgan fingerprint density at radius 2 is 1.69 bits per heavy atom. The molecule has 5 nitrogen and oxygen atoms in total. The Labute approximate surface area is 153 Å². The number of hydrogen-bond acceptors (Lipinski definition) is 2. The zero-order chi connectivity index (χ0) is 18.9. The van der Waals surface area contributed by atoms with Gasteiger partial charge in [0.25, 0.3) is 0 Å². The lowest BCUT2D eigenvalue weighted by Crippen LogP contribution is -2.36. The molecule has 6 heteroatoms. The minimum atomic E-state index is -0.307. The number of benzene rings is 2. The van der Waals surface area contributed by atoms with Gasteiger partial charge in [-0.05, 0) is 35.7 Å². The van der Waals surface area contributed by atoms with Gasteiger partial charge in [-0.25, -0.2) is 9.18 Å². The summed E-state index contributed by atoms with van der Waals surface area (Å²) in [6, 6.07) is 13.5. The molecular weight excluding hydrogens is 333 g/mol. The summed E-state index contributed by atoms with van der Waals surface area (Å²) in [6.07, 6.45) is 0.435. The first-order valence-electron chi connectivity index (χ1n) is 8.60. The van der Waals surface area contributed by atoms with Crippen LogP contribution in [0.15, 0.2) is 48.5 Å². The molecule has 26 heavy (non-hydrogen) atoms. The molecule has 0 saturated carbocycles. The quantitative estimate of drug-likeness (QED) is 0.710.